The molecule has 0 bridgehead atoms. The maximum Gasteiger partial charge on any atom is 0.261 e. The SMILES string of the molecule is [C-]#[N+]CCOP(OC1(CCC)CCN(CCCCCCN2C(=O)c3ccccc3C2=O)CC1)N(C(C)C)C(C)C. The maximum absolute atomic E-state index is 12.5. The van der Waals surface area contributed by atoms with Crippen LogP contribution in [-0.4, -0.2) is 83.3 Å². The number of hydrogen-bond donors (Lipinski definition) is 0. The van der Waals surface area contributed by atoms with Gasteiger partial charge in [-0.05, 0) is 78.5 Å². The molecule has 0 saturated carbocycles. The fraction of sp³-hybridized carbons (Fsp3) is 0.710. The summed E-state index contributed by atoms with van der Waals surface area (Å²) in [6.45, 7) is 22.5. The predicted octanol–water partition coefficient (Wildman–Crippen LogP) is 6.78. The Morgan fingerprint density at radius 3 is 2.08 bits per heavy atom. The number of fused-ring (bicyclic) bond motifs is 1. The number of carbonyl (C=O) groups excluding carboxylic acids is 2. The Balaban J connectivity index is 1.43. The first-order chi connectivity index (χ1) is 19.2. The van der Waals surface area contributed by atoms with Crippen molar-refractivity contribution >= 4 is 20.3 Å². The Morgan fingerprint density at radius 2 is 1.55 bits per heavy atom. The van der Waals surface area contributed by atoms with Crippen molar-refractivity contribution in [2.75, 3.05) is 39.3 Å². The number of nitrogens with zero attached hydrogens (tertiary/aromatic N) is 4. The number of piperidine rings is 1. The van der Waals surface area contributed by atoms with E-state index in [9.17, 15) is 9.59 Å². The zero-order valence-corrected chi connectivity index (χ0v) is 26.1. The van der Waals surface area contributed by atoms with E-state index in [-0.39, 0.29) is 17.4 Å². The van der Waals surface area contributed by atoms with Crippen LogP contribution in [0, 0.1) is 6.57 Å². The molecule has 0 N–H and O–H groups in total. The molecular weight excluding hydrogens is 523 g/mol. The van der Waals surface area contributed by atoms with Crippen LogP contribution < -0.4 is 0 Å². The number of hydrogen-bond acceptors (Lipinski definition) is 6. The average Bonchev–Trinajstić information content (AvgIpc) is 3.16. The van der Waals surface area contributed by atoms with Crippen LogP contribution >= 0.6 is 8.53 Å². The number of amides is 2. The number of unbranched alkanes of at least 4 members (excludes halogenated alkanes) is 3. The first kappa shape index (κ1) is 32.6. The zero-order valence-electron chi connectivity index (χ0n) is 25.2. The van der Waals surface area contributed by atoms with Gasteiger partial charge in [0.05, 0.1) is 16.7 Å². The van der Waals surface area contributed by atoms with Crippen molar-refractivity contribution in [2.45, 2.75) is 104 Å². The monoisotopic (exact) mass is 572 g/mol. The molecule has 0 spiro atoms. The van der Waals surface area contributed by atoms with Crippen LogP contribution in [0.5, 0.6) is 0 Å². The Bertz CT molecular complexity index is 960. The molecule has 1 aromatic rings. The molecule has 1 saturated heterocycles. The fourth-order valence-corrected chi connectivity index (χ4v) is 7.75. The summed E-state index contributed by atoms with van der Waals surface area (Å²) in [6, 6.07) is 7.70. The number of imide groups is 1. The van der Waals surface area contributed by atoms with Gasteiger partial charge in [0, 0.05) is 31.7 Å². The minimum atomic E-state index is -1.24. The molecule has 0 radical (unpaired) electrons. The highest BCUT2D eigenvalue weighted by atomic mass is 31.2. The van der Waals surface area contributed by atoms with E-state index >= 15 is 0 Å². The summed E-state index contributed by atoms with van der Waals surface area (Å²) < 4.78 is 15.5. The standard InChI is InChI=1S/C31H49N4O4P/c1-7-16-31(39-40(38-24-19-32-6)35(25(2)3)26(4)5)17-22-33(23-18-31)20-12-8-9-13-21-34-29(36)27-14-10-11-15-28(27)30(34)37/h10-11,14-15,25-26H,7-9,12-13,16-24H2,1-5H3. The highest BCUT2D eigenvalue weighted by Gasteiger charge is 2.41. The van der Waals surface area contributed by atoms with Gasteiger partial charge >= 0.3 is 0 Å². The van der Waals surface area contributed by atoms with Gasteiger partial charge < -0.3 is 18.8 Å². The van der Waals surface area contributed by atoms with E-state index < -0.39 is 8.53 Å². The van der Waals surface area contributed by atoms with Gasteiger partial charge in [0.25, 0.3) is 20.3 Å². The van der Waals surface area contributed by atoms with Crippen molar-refractivity contribution in [3.05, 3.63) is 46.8 Å². The molecule has 2 amide bonds. The minimum absolute atomic E-state index is 0.155. The average molecular weight is 573 g/mol. The van der Waals surface area contributed by atoms with E-state index in [0.717, 1.165) is 71.0 Å². The van der Waals surface area contributed by atoms with Crippen molar-refractivity contribution in [1.82, 2.24) is 14.5 Å². The summed E-state index contributed by atoms with van der Waals surface area (Å²) in [7, 11) is -1.24. The summed E-state index contributed by atoms with van der Waals surface area (Å²) in [6.07, 6.45) is 8.15. The lowest BCUT2D eigenvalue weighted by Crippen LogP contribution is -2.47. The molecule has 0 aromatic heterocycles. The van der Waals surface area contributed by atoms with Crippen LogP contribution in [0.15, 0.2) is 24.3 Å². The molecular formula is C31H49N4O4P. The summed E-state index contributed by atoms with van der Waals surface area (Å²) >= 11 is 0. The second kappa shape index (κ2) is 15.9. The van der Waals surface area contributed by atoms with Crippen molar-refractivity contribution in [3.8, 4) is 0 Å². The lowest BCUT2D eigenvalue weighted by atomic mass is 9.87. The lowest BCUT2D eigenvalue weighted by molar-refractivity contribution is -0.0186. The molecule has 0 aliphatic carbocycles. The third-order valence-electron chi connectivity index (χ3n) is 7.88. The zero-order chi connectivity index (χ0) is 29.1. The van der Waals surface area contributed by atoms with Gasteiger partial charge in [-0.2, -0.15) is 0 Å². The third-order valence-corrected chi connectivity index (χ3v) is 10.1. The number of likely N-dealkylation sites (tertiary alicyclic amines) is 1. The molecule has 8 nitrogen and oxygen atoms in total. The molecule has 2 aliphatic heterocycles. The molecule has 1 unspecified atom stereocenters. The minimum Gasteiger partial charge on any atom is -0.315 e. The van der Waals surface area contributed by atoms with Gasteiger partial charge in [0.1, 0.15) is 6.61 Å². The lowest BCUT2D eigenvalue weighted by Gasteiger charge is -2.46. The molecule has 40 heavy (non-hydrogen) atoms. The van der Waals surface area contributed by atoms with Gasteiger partial charge in [-0.15, -0.1) is 0 Å². The van der Waals surface area contributed by atoms with Crippen molar-refractivity contribution in [3.63, 3.8) is 0 Å². The van der Waals surface area contributed by atoms with Gasteiger partial charge in [-0.1, -0.05) is 38.3 Å². The summed E-state index contributed by atoms with van der Waals surface area (Å²) in [5, 5.41) is 0. The normalized spacial score (nSPS) is 18.1. The van der Waals surface area contributed by atoms with Crippen LogP contribution in [0.25, 0.3) is 4.85 Å². The first-order valence-corrected chi connectivity index (χ1v) is 16.3. The van der Waals surface area contributed by atoms with E-state index in [2.05, 4.69) is 49.0 Å². The molecule has 222 valence electrons. The fourth-order valence-electron chi connectivity index (χ4n) is 5.87. The Kier molecular flexibility index (Phi) is 13.0. The highest BCUT2D eigenvalue weighted by molar-refractivity contribution is 7.44. The molecule has 1 aromatic carbocycles. The van der Waals surface area contributed by atoms with Gasteiger partial charge in [0.15, 0.2) is 0 Å². The second-order valence-corrected chi connectivity index (χ2v) is 13.0. The molecule has 2 aliphatic rings. The van der Waals surface area contributed by atoms with Gasteiger partial charge in [-0.3, -0.25) is 14.5 Å². The molecule has 1 atom stereocenters. The topological polar surface area (TPSA) is 66.7 Å². The second-order valence-electron chi connectivity index (χ2n) is 11.6. The van der Waals surface area contributed by atoms with E-state index in [4.69, 9.17) is 15.6 Å². The largest absolute Gasteiger partial charge is 0.315 e. The molecule has 3 rings (SSSR count). The molecule has 1 fully saturated rings. The van der Waals surface area contributed by atoms with Crippen LogP contribution in [0.4, 0.5) is 0 Å². The summed E-state index contributed by atoms with van der Waals surface area (Å²) in [4.78, 5) is 32.5. The third kappa shape index (κ3) is 8.57. The molecule has 9 heteroatoms. The summed E-state index contributed by atoms with van der Waals surface area (Å²) in [5.41, 5.74) is 0.886. The quantitative estimate of drug-likeness (QED) is 0.0888. The van der Waals surface area contributed by atoms with Gasteiger partial charge in [-0.25, -0.2) is 11.2 Å². The number of rotatable bonds is 17. The highest BCUT2D eigenvalue weighted by Crippen LogP contribution is 2.52. The van der Waals surface area contributed by atoms with E-state index in [0.29, 0.717) is 42.9 Å². The number of carbonyl (C=O) groups is 2. The smallest absolute Gasteiger partial charge is 0.261 e. The maximum atomic E-state index is 12.5. The van der Waals surface area contributed by atoms with Crippen molar-refractivity contribution < 1.29 is 18.6 Å². The van der Waals surface area contributed by atoms with Crippen molar-refractivity contribution in [2.24, 2.45) is 0 Å². The Labute approximate surface area is 243 Å². The number of benzene rings is 1. The van der Waals surface area contributed by atoms with Crippen LogP contribution in [0.2, 0.25) is 0 Å². The van der Waals surface area contributed by atoms with Crippen LogP contribution in [0.1, 0.15) is 107 Å². The van der Waals surface area contributed by atoms with E-state index in [1.165, 1.54) is 4.90 Å². The van der Waals surface area contributed by atoms with E-state index in [1.54, 1.807) is 12.1 Å². The van der Waals surface area contributed by atoms with Gasteiger partial charge in [0.2, 0.25) is 6.54 Å². The first-order valence-electron chi connectivity index (χ1n) is 15.1. The van der Waals surface area contributed by atoms with E-state index in [1.807, 2.05) is 12.1 Å². The van der Waals surface area contributed by atoms with Crippen LogP contribution in [0.3, 0.4) is 0 Å². The van der Waals surface area contributed by atoms with Crippen LogP contribution in [-0.2, 0) is 9.05 Å². The molecule has 2 heterocycles. The Hall–Kier alpha value is -1.88. The Morgan fingerprint density at radius 1 is 0.975 bits per heavy atom. The summed E-state index contributed by atoms with van der Waals surface area (Å²) in [5.74, 6) is -0.311. The predicted molar refractivity (Wildman–Crippen MR) is 161 cm³/mol. The van der Waals surface area contributed by atoms with Crippen molar-refractivity contribution in [1.29, 1.82) is 0 Å².